The van der Waals surface area contributed by atoms with Crippen LogP contribution < -0.4 is 10.6 Å². The molecule has 0 unspecified atom stereocenters. The second kappa shape index (κ2) is 10.7. The van der Waals surface area contributed by atoms with E-state index in [0.29, 0.717) is 0 Å². The van der Waals surface area contributed by atoms with E-state index in [9.17, 15) is 0 Å². The van der Waals surface area contributed by atoms with E-state index < -0.39 is 0 Å². The first-order valence-electron chi connectivity index (χ1n) is 7.61. The lowest BCUT2D eigenvalue weighted by Gasteiger charge is -2.11. The number of aryl methyl sites for hydroxylation is 2. The molecule has 0 radical (unpaired) electrons. The Bertz CT molecular complexity index is 387. The third kappa shape index (κ3) is 7.48. The van der Waals surface area contributed by atoms with Crippen LogP contribution >= 0.6 is 11.3 Å². The number of nitrogens with one attached hydrogen (secondary N) is 2. The van der Waals surface area contributed by atoms with Gasteiger partial charge in [-0.2, -0.15) is 0 Å². The van der Waals surface area contributed by atoms with Gasteiger partial charge in [-0.1, -0.05) is 26.2 Å². The molecule has 0 spiro atoms. The highest BCUT2D eigenvalue weighted by molar-refractivity contribution is 7.09. The zero-order valence-electron chi connectivity index (χ0n) is 13.0. The first-order chi connectivity index (χ1) is 9.76. The number of aromatic nitrogens is 1. The molecular formula is C15H28N4S. The summed E-state index contributed by atoms with van der Waals surface area (Å²) in [6, 6.07) is 0. The van der Waals surface area contributed by atoms with Crippen LogP contribution in [0.5, 0.6) is 0 Å². The van der Waals surface area contributed by atoms with Gasteiger partial charge in [0.15, 0.2) is 5.96 Å². The van der Waals surface area contributed by atoms with Gasteiger partial charge >= 0.3 is 0 Å². The highest BCUT2D eigenvalue weighted by atomic mass is 32.1. The Balaban J connectivity index is 2.06. The molecule has 0 bridgehead atoms. The largest absolute Gasteiger partial charge is 0.356 e. The van der Waals surface area contributed by atoms with Gasteiger partial charge in [-0.3, -0.25) is 4.99 Å². The van der Waals surface area contributed by atoms with Crippen LogP contribution in [-0.2, 0) is 6.42 Å². The molecular weight excluding hydrogens is 268 g/mol. The Morgan fingerprint density at radius 1 is 1.20 bits per heavy atom. The van der Waals surface area contributed by atoms with Crippen LogP contribution in [0, 0.1) is 6.92 Å². The first kappa shape index (κ1) is 17.0. The maximum atomic E-state index is 4.47. The van der Waals surface area contributed by atoms with Crippen LogP contribution in [0.15, 0.2) is 10.4 Å². The van der Waals surface area contributed by atoms with E-state index in [4.69, 9.17) is 0 Å². The van der Waals surface area contributed by atoms with Crippen LogP contribution in [0.1, 0.15) is 49.7 Å². The smallest absolute Gasteiger partial charge is 0.190 e. The van der Waals surface area contributed by atoms with Crippen molar-refractivity contribution in [2.45, 2.75) is 52.4 Å². The average molecular weight is 296 g/mol. The van der Waals surface area contributed by atoms with Crippen molar-refractivity contribution in [2.24, 2.45) is 4.99 Å². The van der Waals surface area contributed by atoms with E-state index in [0.717, 1.165) is 37.6 Å². The third-order valence-electron chi connectivity index (χ3n) is 3.07. The highest BCUT2D eigenvalue weighted by Crippen LogP contribution is 2.10. The molecule has 0 aliphatic heterocycles. The van der Waals surface area contributed by atoms with Gasteiger partial charge in [0, 0.05) is 37.6 Å². The Morgan fingerprint density at radius 2 is 1.95 bits per heavy atom. The van der Waals surface area contributed by atoms with Gasteiger partial charge in [0.05, 0.1) is 5.01 Å². The van der Waals surface area contributed by atoms with E-state index in [-0.39, 0.29) is 0 Å². The van der Waals surface area contributed by atoms with Gasteiger partial charge in [0.1, 0.15) is 0 Å². The summed E-state index contributed by atoms with van der Waals surface area (Å²) in [5, 5.41) is 10.0. The van der Waals surface area contributed by atoms with E-state index in [1.165, 1.54) is 30.7 Å². The number of unbranched alkanes of at least 4 members (excludes halogenated alkanes) is 3. The minimum absolute atomic E-state index is 0.914. The van der Waals surface area contributed by atoms with Crippen molar-refractivity contribution in [3.05, 3.63) is 16.1 Å². The summed E-state index contributed by atoms with van der Waals surface area (Å²) in [4.78, 5) is 8.71. The summed E-state index contributed by atoms with van der Waals surface area (Å²) in [7, 11) is 1.82. The Labute approximate surface area is 127 Å². The van der Waals surface area contributed by atoms with Crippen LogP contribution in [-0.4, -0.2) is 31.1 Å². The van der Waals surface area contributed by atoms with Gasteiger partial charge in [0.25, 0.3) is 0 Å². The second-order valence-corrected chi connectivity index (χ2v) is 5.92. The van der Waals surface area contributed by atoms with E-state index in [2.05, 4.69) is 32.9 Å². The molecule has 5 heteroatoms. The van der Waals surface area contributed by atoms with Crippen LogP contribution in [0.3, 0.4) is 0 Å². The van der Waals surface area contributed by atoms with Crippen molar-refractivity contribution in [3.63, 3.8) is 0 Å². The lowest BCUT2D eigenvalue weighted by molar-refractivity contribution is 0.645. The summed E-state index contributed by atoms with van der Waals surface area (Å²) in [5.74, 6) is 0.914. The molecule has 0 atom stereocenters. The predicted molar refractivity (Wildman–Crippen MR) is 88.7 cm³/mol. The first-order valence-corrected chi connectivity index (χ1v) is 8.49. The summed E-state index contributed by atoms with van der Waals surface area (Å²) >= 11 is 1.75. The molecule has 1 rings (SSSR count). The van der Waals surface area contributed by atoms with Gasteiger partial charge in [-0.25, -0.2) is 4.98 Å². The van der Waals surface area contributed by atoms with Crippen LogP contribution in [0.4, 0.5) is 0 Å². The molecule has 0 aliphatic rings. The van der Waals surface area contributed by atoms with Crippen molar-refractivity contribution in [3.8, 4) is 0 Å². The summed E-state index contributed by atoms with van der Waals surface area (Å²) in [6.07, 6.45) is 7.24. The van der Waals surface area contributed by atoms with Crippen molar-refractivity contribution in [2.75, 3.05) is 20.1 Å². The zero-order chi connectivity index (χ0) is 14.6. The molecule has 2 N–H and O–H groups in total. The molecule has 0 saturated heterocycles. The normalized spacial score (nSPS) is 11.7. The predicted octanol–water partition coefficient (Wildman–Crippen LogP) is 3.13. The fourth-order valence-corrected chi connectivity index (χ4v) is 2.76. The topological polar surface area (TPSA) is 49.3 Å². The second-order valence-electron chi connectivity index (χ2n) is 4.97. The van der Waals surface area contributed by atoms with Crippen molar-refractivity contribution >= 4 is 17.3 Å². The standard InChI is InChI=1S/C15H28N4S/c1-4-5-6-7-10-17-15(16-3)18-11-8-9-14-19-13(2)12-20-14/h12H,4-11H2,1-3H3,(H2,16,17,18). The minimum atomic E-state index is 0.914. The van der Waals surface area contributed by atoms with Gasteiger partial charge < -0.3 is 10.6 Å². The number of aliphatic imine (C=N–C) groups is 1. The van der Waals surface area contributed by atoms with Crippen molar-refractivity contribution in [1.29, 1.82) is 0 Å². The fourth-order valence-electron chi connectivity index (χ4n) is 1.94. The van der Waals surface area contributed by atoms with Crippen LogP contribution in [0.25, 0.3) is 0 Å². The highest BCUT2D eigenvalue weighted by Gasteiger charge is 2.00. The van der Waals surface area contributed by atoms with Gasteiger partial charge in [0.2, 0.25) is 0 Å². The minimum Gasteiger partial charge on any atom is -0.356 e. The molecule has 114 valence electrons. The molecule has 0 aromatic carbocycles. The monoisotopic (exact) mass is 296 g/mol. The van der Waals surface area contributed by atoms with E-state index >= 15 is 0 Å². The molecule has 1 heterocycles. The lowest BCUT2D eigenvalue weighted by Crippen LogP contribution is -2.38. The molecule has 1 aromatic heterocycles. The number of guanidine groups is 1. The summed E-state index contributed by atoms with van der Waals surface area (Å²) < 4.78 is 0. The number of rotatable bonds is 9. The van der Waals surface area contributed by atoms with E-state index in [1.807, 2.05) is 14.0 Å². The maximum absolute atomic E-state index is 4.47. The lowest BCUT2D eigenvalue weighted by atomic mass is 10.2. The van der Waals surface area contributed by atoms with Gasteiger partial charge in [-0.15, -0.1) is 11.3 Å². The molecule has 0 saturated carbocycles. The fraction of sp³-hybridized carbons (Fsp3) is 0.733. The molecule has 0 fully saturated rings. The van der Waals surface area contributed by atoms with Gasteiger partial charge in [-0.05, 0) is 19.8 Å². The Kier molecular flexibility index (Phi) is 9.04. The quantitative estimate of drug-likeness (QED) is 0.418. The average Bonchev–Trinajstić information content (AvgIpc) is 2.86. The Morgan fingerprint density at radius 3 is 2.55 bits per heavy atom. The van der Waals surface area contributed by atoms with Crippen LogP contribution in [0.2, 0.25) is 0 Å². The molecule has 4 nitrogen and oxygen atoms in total. The molecule has 1 aromatic rings. The number of hydrogen-bond donors (Lipinski definition) is 2. The maximum Gasteiger partial charge on any atom is 0.190 e. The third-order valence-corrected chi connectivity index (χ3v) is 4.10. The van der Waals surface area contributed by atoms with E-state index in [1.54, 1.807) is 11.3 Å². The van der Waals surface area contributed by atoms with Crippen molar-refractivity contribution < 1.29 is 0 Å². The summed E-state index contributed by atoms with van der Waals surface area (Å²) in [5.41, 5.74) is 1.13. The molecule has 0 aliphatic carbocycles. The molecule has 0 amide bonds. The zero-order valence-corrected chi connectivity index (χ0v) is 13.9. The molecule has 20 heavy (non-hydrogen) atoms. The number of thiazole rings is 1. The SMILES string of the molecule is CCCCCCNC(=NC)NCCCc1nc(C)cs1. The summed E-state index contributed by atoms with van der Waals surface area (Å²) in [6.45, 7) is 6.22. The van der Waals surface area contributed by atoms with Crippen molar-refractivity contribution in [1.82, 2.24) is 15.6 Å². The number of hydrogen-bond acceptors (Lipinski definition) is 3. The Hall–Kier alpha value is -1.10. The number of nitrogens with zero attached hydrogens (tertiary/aromatic N) is 2.